The van der Waals surface area contributed by atoms with Crippen LogP contribution in [0.4, 0.5) is 0 Å². The lowest BCUT2D eigenvalue weighted by molar-refractivity contribution is 0.415. The maximum Gasteiger partial charge on any atom is 0.279 e. The lowest BCUT2D eigenvalue weighted by Gasteiger charge is -2.10. The minimum Gasteiger partial charge on any atom is -0.497 e. The molecule has 2 aromatic rings. The Labute approximate surface area is 111 Å². The molecule has 8 heteroatoms. The molecule has 0 amide bonds. The molecule has 0 bridgehead atoms. The molecule has 1 aromatic heterocycles. The van der Waals surface area contributed by atoms with E-state index in [-0.39, 0.29) is 6.54 Å². The summed E-state index contributed by atoms with van der Waals surface area (Å²) in [5, 5.41) is 0. The molecule has 1 heterocycles. The minimum atomic E-state index is -3.49. The van der Waals surface area contributed by atoms with E-state index in [1.54, 1.807) is 25.3 Å². The van der Waals surface area contributed by atoms with Gasteiger partial charge < -0.3 is 9.15 Å². The smallest absolute Gasteiger partial charge is 0.279 e. The summed E-state index contributed by atoms with van der Waals surface area (Å²) in [6, 6.07) is 5.20. The highest BCUT2D eigenvalue weighted by Gasteiger charge is 2.14. The number of nitrogens with zero attached hydrogens (tertiary/aromatic N) is 2. The molecule has 0 aliphatic heterocycles. The quantitative estimate of drug-likeness (QED) is 0.875. The molecule has 0 radical (unpaired) electrons. The second kappa shape index (κ2) is 5.16. The number of fused-ring (bicyclic) bond motifs is 1. The van der Waals surface area contributed by atoms with E-state index < -0.39 is 10.2 Å². The second-order valence-electron chi connectivity index (χ2n) is 4.05. The highest BCUT2D eigenvalue weighted by Crippen LogP contribution is 2.21. The number of hydrogen-bond donors (Lipinski definition) is 1. The van der Waals surface area contributed by atoms with Gasteiger partial charge in [0.05, 0.1) is 13.7 Å². The van der Waals surface area contributed by atoms with Gasteiger partial charge in [0, 0.05) is 20.2 Å². The summed E-state index contributed by atoms with van der Waals surface area (Å²) < 4.78 is 37.1. The predicted molar refractivity (Wildman–Crippen MR) is 70.0 cm³/mol. The van der Waals surface area contributed by atoms with E-state index in [2.05, 4.69) is 9.71 Å². The molecule has 0 unspecified atom stereocenters. The Morgan fingerprint density at radius 3 is 2.79 bits per heavy atom. The molecule has 7 nitrogen and oxygen atoms in total. The van der Waals surface area contributed by atoms with Crippen molar-refractivity contribution in [3.8, 4) is 5.75 Å². The summed E-state index contributed by atoms with van der Waals surface area (Å²) >= 11 is 0. The van der Waals surface area contributed by atoms with E-state index in [1.807, 2.05) is 0 Å². The Kier molecular flexibility index (Phi) is 3.74. The van der Waals surface area contributed by atoms with Crippen molar-refractivity contribution in [2.75, 3.05) is 21.2 Å². The SMILES string of the molecule is COc1ccc2oc(CNS(=O)(=O)N(C)C)nc2c1. The summed E-state index contributed by atoms with van der Waals surface area (Å²) in [6.07, 6.45) is 0. The summed E-state index contributed by atoms with van der Waals surface area (Å²) in [4.78, 5) is 4.19. The van der Waals surface area contributed by atoms with Crippen LogP contribution in [0.3, 0.4) is 0 Å². The fourth-order valence-electron chi connectivity index (χ4n) is 1.44. The van der Waals surface area contributed by atoms with Crippen LogP contribution in [-0.2, 0) is 16.8 Å². The summed E-state index contributed by atoms with van der Waals surface area (Å²) in [6.45, 7) is -0.00247. The lowest BCUT2D eigenvalue weighted by Crippen LogP contribution is -2.35. The molecule has 0 aliphatic carbocycles. The van der Waals surface area contributed by atoms with E-state index in [0.717, 1.165) is 4.31 Å². The second-order valence-corrected chi connectivity index (χ2v) is 6.02. The molecule has 2 rings (SSSR count). The molecule has 1 N–H and O–H groups in total. The molecular weight excluding hydrogens is 270 g/mol. The zero-order valence-electron chi connectivity index (χ0n) is 10.9. The van der Waals surface area contributed by atoms with Gasteiger partial charge in [-0.3, -0.25) is 0 Å². The van der Waals surface area contributed by atoms with Crippen molar-refractivity contribution in [3.63, 3.8) is 0 Å². The van der Waals surface area contributed by atoms with Crippen molar-refractivity contribution < 1.29 is 17.6 Å². The van der Waals surface area contributed by atoms with Crippen molar-refractivity contribution >= 4 is 21.3 Å². The van der Waals surface area contributed by atoms with Crippen LogP contribution in [-0.4, -0.2) is 38.9 Å². The average Bonchev–Trinajstić information content (AvgIpc) is 2.77. The van der Waals surface area contributed by atoms with Crippen molar-refractivity contribution in [2.24, 2.45) is 0 Å². The normalized spacial score (nSPS) is 12.2. The summed E-state index contributed by atoms with van der Waals surface area (Å²) in [5.74, 6) is 0.968. The molecule has 0 spiro atoms. The van der Waals surface area contributed by atoms with Gasteiger partial charge in [-0.2, -0.15) is 17.4 Å². The van der Waals surface area contributed by atoms with Gasteiger partial charge in [0.1, 0.15) is 11.3 Å². The van der Waals surface area contributed by atoms with Gasteiger partial charge in [-0.1, -0.05) is 0 Å². The Hall–Kier alpha value is -1.64. The number of benzene rings is 1. The maximum absolute atomic E-state index is 11.5. The zero-order valence-corrected chi connectivity index (χ0v) is 11.7. The zero-order chi connectivity index (χ0) is 14.0. The molecule has 0 fully saturated rings. The Morgan fingerprint density at radius 1 is 1.42 bits per heavy atom. The fraction of sp³-hybridized carbons (Fsp3) is 0.364. The van der Waals surface area contributed by atoms with Gasteiger partial charge in [-0.15, -0.1) is 0 Å². The maximum atomic E-state index is 11.5. The van der Waals surface area contributed by atoms with Gasteiger partial charge in [0.15, 0.2) is 5.58 Å². The fourth-order valence-corrected chi connectivity index (χ4v) is 2.00. The molecule has 0 aliphatic rings. The van der Waals surface area contributed by atoms with Gasteiger partial charge in [-0.25, -0.2) is 4.98 Å². The summed E-state index contributed by atoms with van der Waals surface area (Å²) in [5.41, 5.74) is 1.21. The van der Waals surface area contributed by atoms with E-state index in [4.69, 9.17) is 9.15 Å². The van der Waals surface area contributed by atoms with Crippen molar-refractivity contribution in [1.29, 1.82) is 0 Å². The first-order valence-electron chi connectivity index (χ1n) is 5.53. The Bertz CT molecular complexity index is 678. The third-order valence-corrected chi connectivity index (χ3v) is 4.00. The van der Waals surface area contributed by atoms with Crippen LogP contribution in [0, 0.1) is 0 Å². The van der Waals surface area contributed by atoms with Crippen LogP contribution in [0.1, 0.15) is 5.89 Å². The number of nitrogens with one attached hydrogen (secondary N) is 1. The molecule has 0 saturated carbocycles. The largest absolute Gasteiger partial charge is 0.497 e. The van der Waals surface area contributed by atoms with Crippen LogP contribution < -0.4 is 9.46 Å². The van der Waals surface area contributed by atoms with Gasteiger partial charge in [-0.05, 0) is 12.1 Å². The lowest BCUT2D eigenvalue weighted by atomic mass is 10.3. The van der Waals surface area contributed by atoms with Crippen LogP contribution in [0.15, 0.2) is 22.6 Å². The Balaban J connectivity index is 2.18. The van der Waals surface area contributed by atoms with Gasteiger partial charge in [0.25, 0.3) is 10.2 Å². The van der Waals surface area contributed by atoms with Gasteiger partial charge >= 0.3 is 0 Å². The molecule has 19 heavy (non-hydrogen) atoms. The van der Waals surface area contributed by atoms with Crippen LogP contribution >= 0.6 is 0 Å². The third kappa shape index (κ3) is 3.03. The van der Waals surface area contributed by atoms with Crippen molar-refractivity contribution in [3.05, 3.63) is 24.1 Å². The van der Waals surface area contributed by atoms with Crippen molar-refractivity contribution in [2.45, 2.75) is 6.54 Å². The predicted octanol–water partition coefficient (Wildman–Crippen LogP) is 0.732. The minimum absolute atomic E-state index is 0.00247. The topological polar surface area (TPSA) is 84.7 Å². The Morgan fingerprint density at radius 2 is 2.16 bits per heavy atom. The van der Waals surface area contributed by atoms with Crippen molar-refractivity contribution in [1.82, 2.24) is 14.0 Å². The third-order valence-electron chi connectivity index (χ3n) is 2.53. The number of hydrogen-bond acceptors (Lipinski definition) is 5. The van der Waals surface area contributed by atoms with E-state index in [0.29, 0.717) is 22.7 Å². The number of rotatable bonds is 5. The van der Waals surface area contributed by atoms with Crippen LogP contribution in [0.2, 0.25) is 0 Å². The standard InChI is InChI=1S/C11H15N3O4S/c1-14(2)19(15,16)12-7-11-13-9-6-8(17-3)4-5-10(9)18-11/h4-6,12H,7H2,1-3H3. The molecular formula is C11H15N3O4S. The average molecular weight is 285 g/mol. The molecule has 0 saturated heterocycles. The van der Waals surface area contributed by atoms with Gasteiger partial charge in [0.2, 0.25) is 5.89 Å². The molecule has 0 atom stereocenters. The number of ether oxygens (including phenoxy) is 1. The first kappa shape index (κ1) is 13.8. The molecule has 104 valence electrons. The number of oxazole rings is 1. The monoisotopic (exact) mass is 285 g/mol. The van der Waals surface area contributed by atoms with Crippen LogP contribution in [0.5, 0.6) is 5.75 Å². The first-order chi connectivity index (χ1) is 8.92. The van der Waals surface area contributed by atoms with E-state index >= 15 is 0 Å². The number of aromatic nitrogens is 1. The highest BCUT2D eigenvalue weighted by molar-refractivity contribution is 7.87. The summed E-state index contributed by atoms with van der Waals surface area (Å²) in [7, 11) is 0.962. The number of methoxy groups -OCH3 is 1. The van der Waals surface area contributed by atoms with E-state index in [9.17, 15) is 8.42 Å². The van der Waals surface area contributed by atoms with Crippen LogP contribution in [0.25, 0.3) is 11.1 Å². The van der Waals surface area contributed by atoms with E-state index in [1.165, 1.54) is 14.1 Å². The molecule has 1 aromatic carbocycles. The first-order valence-corrected chi connectivity index (χ1v) is 6.97. The highest BCUT2D eigenvalue weighted by atomic mass is 32.2.